The lowest BCUT2D eigenvalue weighted by Gasteiger charge is -2.20. The average molecular weight is 250 g/mol. The fourth-order valence-corrected chi connectivity index (χ4v) is 1.58. The molecule has 18 heavy (non-hydrogen) atoms. The van der Waals surface area contributed by atoms with Gasteiger partial charge in [0.15, 0.2) is 0 Å². The van der Waals surface area contributed by atoms with E-state index in [4.69, 9.17) is 0 Å². The first-order valence-corrected chi connectivity index (χ1v) is 5.94. The number of aromatic hydroxyl groups is 1. The fourth-order valence-electron chi connectivity index (χ4n) is 1.58. The Kier molecular flexibility index (Phi) is 5.17. The molecule has 0 saturated carbocycles. The zero-order chi connectivity index (χ0) is 13.5. The quantitative estimate of drug-likeness (QED) is 0.818. The van der Waals surface area contributed by atoms with Gasteiger partial charge in [-0.2, -0.15) is 0 Å². The van der Waals surface area contributed by atoms with E-state index in [-0.39, 0.29) is 29.7 Å². The highest BCUT2D eigenvalue weighted by atomic mass is 16.3. The summed E-state index contributed by atoms with van der Waals surface area (Å²) in [6.45, 7) is 4.54. The van der Waals surface area contributed by atoms with Crippen molar-refractivity contribution < 1.29 is 14.7 Å². The van der Waals surface area contributed by atoms with Crippen LogP contribution >= 0.6 is 0 Å². The summed E-state index contributed by atoms with van der Waals surface area (Å²) in [6, 6.07) is 6.31. The number of hydrogen-bond acceptors (Lipinski definition) is 3. The Bertz CT molecular complexity index is 432. The molecule has 0 unspecified atom stereocenters. The van der Waals surface area contributed by atoms with Crippen LogP contribution in [0.3, 0.4) is 0 Å². The highest BCUT2D eigenvalue weighted by Crippen LogP contribution is 2.17. The van der Waals surface area contributed by atoms with Gasteiger partial charge in [-0.1, -0.05) is 12.1 Å². The minimum absolute atomic E-state index is 0.00247. The highest BCUT2D eigenvalue weighted by molar-refractivity contribution is 5.98. The molecule has 98 valence electrons. The van der Waals surface area contributed by atoms with Crippen molar-refractivity contribution in [1.82, 2.24) is 10.2 Å². The number of nitrogens with one attached hydrogen (secondary N) is 1. The van der Waals surface area contributed by atoms with Crippen molar-refractivity contribution in [2.24, 2.45) is 0 Å². The number of amides is 2. The molecule has 1 aromatic carbocycles. The van der Waals surface area contributed by atoms with Gasteiger partial charge in [0.1, 0.15) is 5.75 Å². The number of benzene rings is 1. The molecule has 5 heteroatoms. The number of likely N-dealkylation sites (N-methyl/N-ethyl adjacent to an activating group) is 2. The van der Waals surface area contributed by atoms with Gasteiger partial charge in [0.25, 0.3) is 5.91 Å². The van der Waals surface area contributed by atoms with Crippen LogP contribution in [0.4, 0.5) is 0 Å². The van der Waals surface area contributed by atoms with Gasteiger partial charge < -0.3 is 15.3 Å². The molecule has 0 atom stereocenters. The van der Waals surface area contributed by atoms with Crippen molar-refractivity contribution in [1.29, 1.82) is 0 Å². The summed E-state index contributed by atoms with van der Waals surface area (Å²) in [7, 11) is 0. The minimum Gasteiger partial charge on any atom is -0.507 e. The van der Waals surface area contributed by atoms with Crippen LogP contribution in [0, 0.1) is 0 Å². The van der Waals surface area contributed by atoms with Crippen LogP contribution in [0.15, 0.2) is 24.3 Å². The second kappa shape index (κ2) is 6.64. The van der Waals surface area contributed by atoms with Gasteiger partial charge >= 0.3 is 0 Å². The Balaban J connectivity index is 2.80. The second-order valence-electron chi connectivity index (χ2n) is 3.79. The van der Waals surface area contributed by atoms with E-state index >= 15 is 0 Å². The summed E-state index contributed by atoms with van der Waals surface area (Å²) in [5.74, 6) is -0.623. The minimum atomic E-state index is -0.346. The Hall–Kier alpha value is -2.04. The molecule has 2 N–H and O–H groups in total. The standard InChI is InChI=1S/C13H18N2O3/c1-3-14-12(17)9-15(4-2)13(18)10-7-5-6-8-11(10)16/h5-8,16H,3-4,9H2,1-2H3,(H,14,17). The molecule has 0 aliphatic heterocycles. The SMILES string of the molecule is CCNC(=O)CN(CC)C(=O)c1ccccc1O. The van der Waals surface area contributed by atoms with Crippen LogP contribution in [0.2, 0.25) is 0 Å². The third-order valence-corrected chi connectivity index (χ3v) is 2.51. The van der Waals surface area contributed by atoms with E-state index in [1.54, 1.807) is 19.1 Å². The van der Waals surface area contributed by atoms with Gasteiger partial charge in [0.05, 0.1) is 12.1 Å². The van der Waals surface area contributed by atoms with Gasteiger partial charge in [-0.05, 0) is 26.0 Å². The molecular formula is C13H18N2O3. The van der Waals surface area contributed by atoms with E-state index < -0.39 is 0 Å². The molecule has 0 aromatic heterocycles. The summed E-state index contributed by atoms with van der Waals surface area (Å²) >= 11 is 0. The molecule has 0 fully saturated rings. The van der Waals surface area contributed by atoms with E-state index in [9.17, 15) is 14.7 Å². The lowest BCUT2D eigenvalue weighted by molar-refractivity contribution is -0.121. The van der Waals surface area contributed by atoms with Gasteiger partial charge in [0.2, 0.25) is 5.91 Å². The molecule has 0 saturated heterocycles. The number of rotatable bonds is 5. The molecule has 0 bridgehead atoms. The number of nitrogens with zero attached hydrogens (tertiary/aromatic N) is 1. The molecule has 0 heterocycles. The van der Waals surface area contributed by atoms with Gasteiger partial charge in [0, 0.05) is 13.1 Å². The predicted molar refractivity (Wildman–Crippen MR) is 68.4 cm³/mol. The summed E-state index contributed by atoms with van der Waals surface area (Å²) in [5.41, 5.74) is 0.212. The first kappa shape index (κ1) is 14.0. The number of phenols is 1. The molecule has 0 spiro atoms. The Morgan fingerprint density at radius 3 is 2.50 bits per heavy atom. The smallest absolute Gasteiger partial charge is 0.258 e. The maximum Gasteiger partial charge on any atom is 0.258 e. The second-order valence-corrected chi connectivity index (χ2v) is 3.79. The van der Waals surface area contributed by atoms with Crippen molar-refractivity contribution in [3.8, 4) is 5.75 Å². The van der Waals surface area contributed by atoms with Crippen LogP contribution in [0.25, 0.3) is 0 Å². The van der Waals surface area contributed by atoms with E-state index in [0.717, 1.165) is 0 Å². The normalized spacial score (nSPS) is 9.89. The molecule has 1 rings (SSSR count). The van der Waals surface area contributed by atoms with Gasteiger partial charge in [-0.15, -0.1) is 0 Å². The summed E-state index contributed by atoms with van der Waals surface area (Å²) < 4.78 is 0. The monoisotopic (exact) mass is 250 g/mol. The summed E-state index contributed by atoms with van der Waals surface area (Å²) in [4.78, 5) is 25.0. The highest BCUT2D eigenvalue weighted by Gasteiger charge is 2.19. The molecule has 0 radical (unpaired) electrons. The number of carbonyl (C=O) groups is 2. The maximum absolute atomic E-state index is 12.1. The van der Waals surface area contributed by atoms with Crippen LogP contribution in [-0.2, 0) is 4.79 Å². The lowest BCUT2D eigenvalue weighted by atomic mass is 10.1. The van der Waals surface area contributed by atoms with E-state index in [0.29, 0.717) is 13.1 Å². The topological polar surface area (TPSA) is 69.6 Å². The van der Waals surface area contributed by atoms with Crippen molar-refractivity contribution in [2.75, 3.05) is 19.6 Å². The van der Waals surface area contributed by atoms with Crippen molar-refractivity contribution in [3.63, 3.8) is 0 Å². The lowest BCUT2D eigenvalue weighted by Crippen LogP contribution is -2.40. The van der Waals surface area contributed by atoms with Crippen molar-refractivity contribution in [3.05, 3.63) is 29.8 Å². The number of hydrogen-bond donors (Lipinski definition) is 2. The average Bonchev–Trinajstić information content (AvgIpc) is 2.36. The first-order valence-electron chi connectivity index (χ1n) is 5.94. The first-order chi connectivity index (χ1) is 8.60. The zero-order valence-corrected chi connectivity index (χ0v) is 10.6. The largest absolute Gasteiger partial charge is 0.507 e. The van der Waals surface area contributed by atoms with Gasteiger partial charge in [-0.25, -0.2) is 0 Å². The summed E-state index contributed by atoms with van der Waals surface area (Å²) in [6.07, 6.45) is 0. The predicted octanol–water partition coefficient (Wildman–Crippen LogP) is 0.990. The van der Waals surface area contributed by atoms with Crippen LogP contribution in [-0.4, -0.2) is 41.5 Å². The third-order valence-electron chi connectivity index (χ3n) is 2.51. The number of para-hydroxylation sites is 1. The Morgan fingerprint density at radius 1 is 1.28 bits per heavy atom. The Labute approximate surface area is 106 Å². The maximum atomic E-state index is 12.1. The molecule has 1 aromatic rings. The fraction of sp³-hybridized carbons (Fsp3) is 0.385. The number of carbonyl (C=O) groups excluding carboxylic acids is 2. The third kappa shape index (κ3) is 3.48. The molecular weight excluding hydrogens is 232 g/mol. The van der Waals surface area contributed by atoms with E-state index in [1.165, 1.54) is 17.0 Å². The van der Waals surface area contributed by atoms with Crippen LogP contribution in [0.1, 0.15) is 24.2 Å². The van der Waals surface area contributed by atoms with E-state index in [2.05, 4.69) is 5.32 Å². The molecule has 0 aliphatic rings. The van der Waals surface area contributed by atoms with Crippen molar-refractivity contribution in [2.45, 2.75) is 13.8 Å². The van der Waals surface area contributed by atoms with Crippen LogP contribution in [0.5, 0.6) is 5.75 Å². The molecule has 5 nitrogen and oxygen atoms in total. The molecule has 0 aliphatic carbocycles. The summed E-state index contributed by atoms with van der Waals surface area (Å²) in [5, 5.41) is 12.3. The molecule has 2 amide bonds. The Morgan fingerprint density at radius 2 is 1.94 bits per heavy atom. The van der Waals surface area contributed by atoms with Crippen molar-refractivity contribution >= 4 is 11.8 Å². The zero-order valence-electron chi connectivity index (χ0n) is 10.6. The van der Waals surface area contributed by atoms with E-state index in [1.807, 2.05) is 6.92 Å². The van der Waals surface area contributed by atoms with Gasteiger partial charge in [-0.3, -0.25) is 9.59 Å². The number of phenolic OH excluding ortho intramolecular Hbond substituents is 1. The van der Waals surface area contributed by atoms with Crippen LogP contribution < -0.4 is 5.32 Å².